The van der Waals surface area contributed by atoms with Gasteiger partial charge in [0.2, 0.25) is 5.91 Å². The highest BCUT2D eigenvalue weighted by atomic mass is 16.3. The van der Waals surface area contributed by atoms with Crippen LogP contribution in [0.15, 0.2) is 36.5 Å². The first-order valence-electron chi connectivity index (χ1n) is 33.4. The van der Waals surface area contributed by atoms with Gasteiger partial charge in [-0.25, -0.2) is 0 Å². The Morgan fingerprint density at radius 2 is 0.595 bits per heavy atom. The second-order valence-electron chi connectivity index (χ2n) is 23.2. The van der Waals surface area contributed by atoms with Gasteiger partial charge in [-0.05, 0) is 70.6 Å². The molecule has 0 saturated carbocycles. The molecule has 0 rings (SSSR count). The summed E-state index contributed by atoms with van der Waals surface area (Å²) >= 11 is 0. The molecule has 4 unspecified atom stereocenters. The van der Waals surface area contributed by atoms with Crippen LogP contribution in [0, 0.1) is 0 Å². The van der Waals surface area contributed by atoms with E-state index in [1.165, 1.54) is 289 Å². The molecule has 0 aliphatic rings. The third-order valence-corrected chi connectivity index (χ3v) is 15.8. The lowest BCUT2D eigenvalue weighted by atomic mass is 10.00. The lowest BCUT2D eigenvalue weighted by Gasteiger charge is -2.27. The summed E-state index contributed by atoms with van der Waals surface area (Å²) < 4.78 is 0. The predicted octanol–water partition coefficient (Wildman–Crippen LogP) is 20.3. The third-order valence-electron chi connectivity index (χ3n) is 15.8. The Morgan fingerprint density at radius 1 is 0.338 bits per heavy atom. The molecule has 0 spiro atoms. The molecule has 74 heavy (non-hydrogen) atoms. The number of carbonyl (C=O) groups excluding carboxylic acids is 1. The van der Waals surface area contributed by atoms with Crippen LogP contribution >= 0.6 is 0 Å². The van der Waals surface area contributed by atoms with Crippen molar-refractivity contribution in [3.8, 4) is 0 Å². The van der Waals surface area contributed by atoms with E-state index in [-0.39, 0.29) is 0 Å². The SMILES string of the molecule is CCCCCCCCCCC/C=C\C/C=C\CCCCCCCCCCCCCCC(O)C(=O)NC(CO)C(O)C(O)CCC/C=C/CCCCCCCCCCCCCCCCCCCCCCCCCCC. The maximum atomic E-state index is 12.6. The Labute approximate surface area is 462 Å². The summed E-state index contributed by atoms with van der Waals surface area (Å²) in [4.78, 5) is 12.6. The number of aliphatic hydroxyl groups excluding tert-OH is 4. The summed E-state index contributed by atoms with van der Waals surface area (Å²) in [6, 6.07) is -1.00. The van der Waals surface area contributed by atoms with Crippen molar-refractivity contribution in [2.24, 2.45) is 0 Å². The first kappa shape index (κ1) is 72.5. The number of aliphatic hydroxyl groups is 4. The van der Waals surface area contributed by atoms with Crippen LogP contribution in [0.4, 0.5) is 0 Å². The second kappa shape index (κ2) is 62.4. The van der Waals surface area contributed by atoms with Gasteiger partial charge in [0.25, 0.3) is 0 Å². The molecule has 6 heteroatoms. The summed E-state index contributed by atoms with van der Waals surface area (Å²) in [5.41, 5.74) is 0. The van der Waals surface area contributed by atoms with Gasteiger partial charge in [-0.15, -0.1) is 0 Å². The molecule has 0 bridgehead atoms. The Kier molecular flexibility index (Phi) is 61.1. The minimum absolute atomic E-state index is 0.362. The summed E-state index contributed by atoms with van der Waals surface area (Å²) in [7, 11) is 0. The van der Waals surface area contributed by atoms with Crippen molar-refractivity contribution < 1.29 is 25.2 Å². The fraction of sp³-hybridized carbons (Fsp3) is 0.897. The Bertz CT molecular complexity index is 1170. The predicted molar refractivity (Wildman–Crippen MR) is 325 cm³/mol. The van der Waals surface area contributed by atoms with Gasteiger partial charge in [0, 0.05) is 0 Å². The van der Waals surface area contributed by atoms with E-state index >= 15 is 0 Å². The van der Waals surface area contributed by atoms with Crippen LogP contribution in [0.2, 0.25) is 0 Å². The number of hydrogen-bond donors (Lipinski definition) is 5. The lowest BCUT2D eigenvalue weighted by molar-refractivity contribution is -0.132. The van der Waals surface area contributed by atoms with Crippen molar-refractivity contribution in [1.29, 1.82) is 0 Å². The first-order chi connectivity index (χ1) is 36.5. The molecule has 0 fully saturated rings. The van der Waals surface area contributed by atoms with Crippen molar-refractivity contribution in [2.75, 3.05) is 6.61 Å². The second-order valence-corrected chi connectivity index (χ2v) is 23.2. The highest BCUT2D eigenvalue weighted by Gasteiger charge is 2.28. The van der Waals surface area contributed by atoms with Gasteiger partial charge in [-0.3, -0.25) is 4.79 Å². The van der Waals surface area contributed by atoms with E-state index in [0.717, 1.165) is 44.9 Å². The molecular weight excluding hydrogens is 911 g/mol. The molecule has 0 aromatic heterocycles. The van der Waals surface area contributed by atoms with Crippen molar-refractivity contribution in [2.45, 2.75) is 385 Å². The van der Waals surface area contributed by atoms with Crippen molar-refractivity contribution >= 4 is 5.91 Å². The Morgan fingerprint density at radius 3 is 0.892 bits per heavy atom. The maximum Gasteiger partial charge on any atom is 0.249 e. The zero-order valence-corrected chi connectivity index (χ0v) is 49.9. The normalized spacial score (nSPS) is 13.8. The molecule has 0 aromatic carbocycles. The minimum Gasteiger partial charge on any atom is -0.394 e. The Hall–Kier alpha value is -1.47. The number of allylic oxidation sites excluding steroid dienone is 6. The van der Waals surface area contributed by atoms with Gasteiger partial charge in [-0.1, -0.05) is 326 Å². The van der Waals surface area contributed by atoms with Crippen LogP contribution < -0.4 is 5.32 Å². The average Bonchev–Trinajstić information content (AvgIpc) is 3.41. The van der Waals surface area contributed by atoms with E-state index in [1.807, 2.05) is 0 Å². The summed E-state index contributed by atoms with van der Waals surface area (Å²) in [6.45, 7) is 4.09. The molecule has 0 aliphatic heterocycles. The van der Waals surface area contributed by atoms with E-state index in [9.17, 15) is 25.2 Å². The number of hydrogen-bond acceptors (Lipinski definition) is 5. The smallest absolute Gasteiger partial charge is 0.249 e. The van der Waals surface area contributed by atoms with Crippen LogP contribution in [-0.4, -0.2) is 57.3 Å². The first-order valence-corrected chi connectivity index (χ1v) is 33.4. The van der Waals surface area contributed by atoms with Gasteiger partial charge < -0.3 is 25.7 Å². The van der Waals surface area contributed by atoms with Crippen LogP contribution in [0.3, 0.4) is 0 Å². The Balaban J connectivity index is 3.60. The van der Waals surface area contributed by atoms with E-state index < -0.39 is 36.9 Å². The summed E-state index contributed by atoms with van der Waals surface area (Å²) in [5, 5.41) is 44.2. The zero-order chi connectivity index (χ0) is 53.7. The monoisotopic (exact) mass is 1040 g/mol. The van der Waals surface area contributed by atoms with Crippen LogP contribution in [0.25, 0.3) is 0 Å². The quantitative estimate of drug-likeness (QED) is 0.0308. The maximum absolute atomic E-state index is 12.6. The van der Waals surface area contributed by atoms with Gasteiger partial charge in [0.05, 0.1) is 18.8 Å². The van der Waals surface area contributed by atoms with Crippen molar-refractivity contribution in [3.63, 3.8) is 0 Å². The molecule has 0 aliphatic carbocycles. The standard InChI is InChI=1S/C68H131NO5/c1-3-5-7-9-11-13-15-17-19-21-23-25-27-29-31-33-34-36-37-39-41-43-45-47-49-51-53-55-57-59-61-65(71)67(73)64(63-70)69-68(74)66(72)62-60-58-56-54-52-50-48-46-44-42-40-38-35-32-30-28-26-24-22-20-18-16-14-12-10-8-6-4-2/h24,26,30,32,53,55,64-67,70-73H,3-23,25,27-29,31,33-52,54,56-63H2,1-2H3,(H,69,74)/b26-24-,32-30-,55-53+. The molecule has 0 heterocycles. The number of amides is 1. The molecule has 6 nitrogen and oxygen atoms in total. The highest BCUT2D eigenvalue weighted by molar-refractivity contribution is 5.80. The van der Waals surface area contributed by atoms with Gasteiger partial charge >= 0.3 is 0 Å². The molecule has 0 radical (unpaired) electrons. The summed E-state index contributed by atoms with van der Waals surface area (Å²) in [5.74, 6) is -0.590. The number of rotatable bonds is 62. The molecule has 1 amide bonds. The van der Waals surface area contributed by atoms with E-state index in [0.29, 0.717) is 12.8 Å². The topological polar surface area (TPSA) is 110 Å². The fourth-order valence-corrected chi connectivity index (χ4v) is 10.6. The van der Waals surface area contributed by atoms with E-state index in [1.54, 1.807) is 0 Å². The van der Waals surface area contributed by atoms with Crippen LogP contribution in [0.5, 0.6) is 0 Å². The number of nitrogens with one attached hydrogen (secondary N) is 1. The van der Waals surface area contributed by atoms with Gasteiger partial charge in [0.15, 0.2) is 0 Å². The largest absolute Gasteiger partial charge is 0.394 e. The highest BCUT2D eigenvalue weighted by Crippen LogP contribution is 2.19. The molecule has 438 valence electrons. The minimum atomic E-state index is -1.28. The lowest BCUT2D eigenvalue weighted by Crippen LogP contribution is -2.53. The van der Waals surface area contributed by atoms with Gasteiger partial charge in [0.1, 0.15) is 12.2 Å². The number of carbonyl (C=O) groups is 1. The van der Waals surface area contributed by atoms with E-state index in [4.69, 9.17) is 0 Å². The summed E-state index contributed by atoms with van der Waals surface area (Å²) in [6.07, 6.45) is 79.7. The third kappa shape index (κ3) is 55.3. The van der Waals surface area contributed by atoms with Crippen LogP contribution in [-0.2, 0) is 4.79 Å². The zero-order valence-electron chi connectivity index (χ0n) is 49.9. The fourth-order valence-electron chi connectivity index (χ4n) is 10.6. The molecule has 4 atom stereocenters. The van der Waals surface area contributed by atoms with Gasteiger partial charge in [-0.2, -0.15) is 0 Å². The average molecular weight is 1040 g/mol. The molecular formula is C68H131NO5. The molecule has 0 aromatic rings. The van der Waals surface area contributed by atoms with Crippen molar-refractivity contribution in [3.05, 3.63) is 36.5 Å². The van der Waals surface area contributed by atoms with E-state index in [2.05, 4.69) is 55.6 Å². The molecule has 5 N–H and O–H groups in total. The molecule has 0 saturated heterocycles. The van der Waals surface area contributed by atoms with Crippen LogP contribution in [0.1, 0.15) is 361 Å². The van der Waals surface area contributed by atoms with Crippen molar-refractivity contribution in [1.82, 2.24) is 5.32 Å². The number of unbranched alkanes of at least 4 members (excludes halogenated alkanes) is 47.